The second-order valence-electron chi connectivity index (χ2n) is 9.95. The summed E-state index contributed by atoms with van der Waals surface area (Å²) in [6.45, 7) is 9.46. The second kappa shape index (κ2) is 9.85. The van der Waals surface area contributed by atoms with Gasteiger partial charge in [0.1, 0.15) is 4.88 Å². The molecule has 0 bridgehead atoms. The van der Waals surface area contributed by atoms with Gasteiger partial charge in [0.2, 0.25) is 0 Å². The molecule has 1 amide bonds. The summed E-state index contributed by atoms with van der Waals surface area (Å²) < 4.78 is 6.63. The Bertz CT molecular complexity index is 1510. The van der Waals surface area contributed by atoms with E-state index in [0.29, 0.717) is 12.6 Å². The molecule has 37 heavy (non-hydrogen) atoms. The van der Waals surface area contributed by atoms with Gasteiger partial charge in [0.15, 0.2) is 0 Å². The fourth-order valence-electron chi connectivity index (χ4n) is 5.40. The lowest BCUT2D eigenvalue weighted by Crippen LogP contribution is -2.36. The number of ether oxygens (including phenoxy) is 1. The standard InChI is InChI=1S/C29H31N5O2S/c1-4-19-13-22(18(15-30-19)16-34-11-9-20(36-3)10-12-34)24-6-5-21-23(33-24)7-8-25-26(21)27-28(37-25)29(35)32-17(2)14-31-27/h4-8,13,15,17,20,31H,1,9-12,14,16H2,2-3H3,(H,32,35)/t17-/m1/s1. The third kappa shape index (κ3) is 4.50. The number of nitrogens with one attached hydrogen (secondary N) is 2. The van der Waals surface area contributed by atoms with Gasteiger partial charge in [-0.05, 0) is 61.7 Å². The van der Waals surface area contributed by atoms with Crippen molar-refractivity contribution >= 4 is 50.0 Å². The van der Waals surface area contributed by atoms with Gasteiger partial charge in [-0.15, -0.1) is 11.3 Å². The highest BCUT2D eigenvalue weighted by Gasteiger charge is 2.25. The Morgan fingerprint density at radius 3 is 2.86 bits per heavy atom. The molecular formula is C29H31N5O2S. The number of anilines is 1. The number of likely N-dealkylation sites (tertiary alicyclic amines) is 1. The minimum Gasteiger partial charge on any atom is -0.381 e. The van der Waals surface area contributed by atoms with Crippen molar-refractivity contribution in [1.29, 1.82) is 0 Å². The highest BCUT2D eigenvalue weighted by molar-refractivity contribution is 7.21. The molecule has 0 aliphatic carbocycles. The number of hydrogen-bond acceptors (Lipinski definition) is 7. The molecule has 8 heteroatoms. The summed E-state index contributed by atoms with van der Waals surface area (Å²) in [5, 5.41) is 8.69. The lowest BCUT2D eigenvalue weighted by atomic mass is 10.0. The molecule has 6 rings (SSSR count). The van der Waals surface area contributed by atoms with E-state index in [-0.39, 0.29) is 11.9 Å². The van der Waals surface area contributed by atoms with Crippen LogP contribution in [0.25, 0.3) is 38.3 Å². The SMILES string of the molecule is C=Cc1cc(-c2ccc3c(ccc4sc5c(c43)NC[C@@H](C)NC5=O)n2)c(CN2CCC(OC)CC2)cn1. The van der Waals surface area contributed by atoms with Crippen molar-refractivity contribution in [3.05, 3.63) is 59.2 Å². The second-order valence-corrected chi connectivity index (χ2v) is 11.0. The number of aromatic nitrogens is 2. The molecule has 2 aliphatic heterocycles. The topological polar surface area (TPSA) is 79.4 Å². The summed E-state index contributed by atoms with van der Waals surface area (Å²) in [6.07, 6.45) is 6.19. The number of fused-ring (bicyclic) bond motifs is 5. The maximum atomic E-state index is 12.8. The van der Waals surface area contributed by atoms with Crippen LogP contribution >= 0.6 is 11.3 Å². The third-order valence-corrected chi connectivity index (χ3v) is 8.60. The van der Waals surface area contributed by atoms with E-state index in [9.17, 15) is 4.79 Å². The number of rotatable bonds is 5. The lowest BCUT2D eigenvalue weighted by Gasteiger charge is -2.31. The van der Waals surface area contributed by atoms with Crippen LogP contribution in [0.1, 0.15) is 40.7 Å². The average molecular weight is 514 g/mol. The van der Waals surface area contributed by atoms with E-state index in [1.807, 2.05) is 13.1 Å². The number of nitrogens with zero attached hydrogens (tertiary/aromatic N) is 3. The summed E-state index contributed by atoms with van der Waals surface area (Å²) >= 11 is 1.53. The fourth-order valence-corrected chi connectivity index (χ4v) is 6.49. The summed E-state index contributed by atoms with van der Waals surface area (Å²) in [5.74, 6) is -0.0145. The van der Waals surface area contributed by atoms with Crippen LogP contribution in [0, 0.1) is 0 Å². The number of carbonyl (C=O) groups excluding carboxylic acids is 1. The van der Waals surface area contributed by atoms with Gasteiger partial charge in [0.25, 0.3) is 5.91 Å². The van der Waals surface area contributed by atoms with Crippen LogP contribution in [0.4, 0.5) is 5.69 Å². The largest absolute Gasteiger partial charge is 0.381 e. The predicted molar refractivity (Wildman–Crippen MR) is 151 cm³/mol. The van der Waals surface area contributed by atoms with E-state index in [1.165, 1.54) is 11.3 Å². The Balaban J connectivity index is 1.40. The summed E-state index contributed by atoms with van der Waals surface area (Å²) in [6, 6.07) is 10.5. The Kier molecular flexibility index (Phi) is 6.40. The van der Waals surface area contributed by atoms with Crippen molar-refractivity contribution in [2.75, 3.05) is 32.1 Å². The quantitative estimate of drug-likeness (QED) is 0.377. The van der Waals surface area contributed by atoms with Crippen molar-refractivity contribution in [2.45, 2.75) is 38.5 Å². The minimum absolute atomic E-state index is 0.0145. The van der Waals surface area contributed by atoms with Gasteiger partial charge in [-0.25, -0.2) is 4.98 Å². The zero-order valence-corrected chi connectivity index (χ0v) is 22.0. The Hall–Kier alpha value is -3.33. The normalized spacial score (nSPS) is 18.9. The van der Waals surface area contributed by atoms with Gasteiger partial charge >= 0.3 is 0 Å². The van der Waals surface area contributed by atoms with E-state index < -0.39 is 0 Å². The maximum Gasteiger partial charge on any atom is 0.263 e. The van der Waals surface area contributed by atoms with Crippen LogP contribution in [0.5, 0.6) is 0 Å². The first kappa shape index (κ1) is 24.0. The van der Waals surface area contributed by atoms with Gasteiger partial charge in [0, 0.05) is 66.6 Å². The summed E-state index contributed by atoms with van der Waals surface area (Å²) in [7, 11) is 1.80. The molecule has 1 fully saturated rings. The Labute approximate surface area is 220 Å². The van der Waals surface area contributed by atoms with Crippen molar-refractivity contribution in [3.8, 4) is 11.3 Å². The van der Waals surface area contributed by atoms with Gasteiger partial charge in [-0.3, -0.25) is 14.7 Å². The van der Waals surface area contributed by atoms with Gasteiger partial charge in [0.05, 0.1) is 28.7 Å². The zero-order valence-electron chi connectivity index (χ0n) is 21.2. The summed E-state index contributed by atoms with van der Waals surface area (Å²) in [4.78, 5) is 25.7. The number of amides is 1. The number of piperidine rings is 1. The number of hydrogen-bond donors (Lipinski definition) is 2. The molecule has 0 spiro atoms. The summed E-state index contributed by atoms with van der Waals surface area (Å²) in [5.41, 5.74) is 5.82. The highest BCUT2D eigenvalue weighted by atomic mass is 32.1. The molecule has 0 radical (unpaired) electrons. The number of methoxy groups -OCH3 is 1. The predicted octanol–water partition coefficient (Wildman–Crippen LogP) is 5.31. The zero-order chi connectivity index (χ0) is 25.5. The highest BCUT2D eigenvalue weighted by Crippen LogP contribution is 2.41. The van der Waals surface area contributed by atoms with Gasteiger partial charge in [-0.2, -0.15) is 0 Å². The molecule has 7 nitrogen and oxygen atoms in total. The first-order valence-corrected chi connectivity index (χ1v) is 13.6. The Morgan fingerprint density at radius 1 is 1.24 bits per heavy atom. The first-order valence-electron chi connectivity index (χ1n) is 12.8. The van der Waals surface area contributed by atoms with E-state index in [2.05, 4.69) is 57.4 Å². The molecule has 190 valence electrons. The molecule has 0 unspecified atom stereocenters. The van der Waals surface area contributed by atoms with E-state index in [1.54, 1.807) is 13.2 Å². The van der Waals surface area contributed by atoms with Crippen molar-refractivity contribution < 1.29 is 9.53 Å². The molecule has 2 N–H and O–H groups in total. The van der Waals surface area contributed by atoms with E-state index >= 15 is 0 Å². The van der Waals surface area contributed by atoms with Crippen molar-refractivity contribution in [3.63, 3.8) is 0 Å². The molecular weight excluding hydrogens is 482 g/mol. The van der Waals surface area contributed by atoms with Gasteiger partial charge in [-0.1, -0.05) is 6.58 Å². The fraction of sp³-hybridized carbons (Fsp3) is 0.345. The molecule has 5 heterocycles. The minimum atomic E-state index is -0.0145. The van der Waals surface area contributed by atoms with Crippen LogP contribution in [0.15, 0.2) is 43.1 Å². The molecule has 1 aromatic carbocycles. The smallest absolute Gasteiger partial charge is 0.263 e. The molecule has 3 aromatic heterocycles. The average Bonchev–Trinajstić information content (AvgIpc) is 3.25. The molecule has 2 aliphatic rings. The molecule has 0 saturated carbocycles. The third-order valence-electron chi connectivity index (χ3n) is 7.45. The van der Waals surface area contributed by atoms with Crippen LogP contribution in [-0.2, 0) is 11.3 Å². The van der Waals surface area contributed by atoms with Crippen LogP contribution in [0.3, 0.4) is 0 Å². The van der Waals surface area contributed by atoms with Crippen LogP contribution in [-0.4, -0.2) is 59.7 Å². The Morgan fingerprint density at radius 2 is 2.08 bits per heavy atom. The van der Waals surface area contributed by atoms with Crippen LogP contribution in [0.2, 0.25) is 0 Å². The molecule has 4 aromatic rings. The first-order chi connectivity index (χ1) is 18.0. The number of pyridine rings is 2. The van der Waals surface area contributed by atoms with E-state index in [4.69, 9.17) is 9.72 Å². The number of carbonyl (C=O) groups is 1. The molecule has 1 saturated heterocycles. The van der Waals surface area contributed by atoms with Crippen molar-refractivity contribution in [2.24, 2.45) is 0 Å². The van der Waals surface area contributed by atoms with Crippen molar-refractivity contribution in [1.82, 2.24) is 20.2 Å². The van der Waals surface area contributed by atoms with Crippen LogP contribution < -0.4 is 10.6 Å². The monoisotopic (exact) mass is 513 g/mol. The lowest BCUT2D eigenvalue weighted by molar-refractivity contribution is 0.0389. The van der Waals surface area contributed by atoms with Gasteiger partial charge < -0.3 is 15.4 Å². The maximum absolute atomic E-state index is 12.8. The number of benzene rings is 1. The van der Waals surface area contributed by atoms with E-state index in [0.717, 1.165) is 86.5 Å². The molecule has 1 atom stereocenters. The number of thiophene rings is 1.